The van der Waals surface area contributed by atoms with Gasteiger partial charge in [-0.15, -0.1) is 11.6 Å². The minimum Gasteiger partial charge on any atom is -0.439 e. The summed E-state index contributed by atoms with van der Waals surface area (Å²) < 4.78 is 21.1. The van der Waals surface area contributed by atoms with Crippen LogP contribution in [0, 0.1) is 12.7 Å². The van der Waals surface area contributed by atoms with E-state index in [1.54, 1.807) is 17.8 Å². The Morgan fingerprint density at radius 2 is 2.17 bits per heavy atom. The number of benzene rings is 1. The lowest BCUT2D eigenvalue weighted by Crippen LogP contribution is -1.97. The molecule has 6 heteroatoms. The van der Waals surface area contributed by atoms with E-state index in [0.717, 1.165) is 11.3 Å². The monoisotopic (exact) mass is 332 g/mol. The lowest BCUT2D eigenvalue weighted by molar-refractivity contribution is 0.424. The maximum atomic E-state index is 13.3. The Kier molecular flexibility index (Phi) is 3.92. The van der Waals surface area contributed by atoms with Gasteiger partial charge in [0.05, 0.1) is 17.1 Å². The molecule has 0 amide bonds. The van der Waals surface area contributed by atoms with Crippen molar-refractivity contribution >= 4 is 27.5 Å². The molecule has 0 fully saturated rings. The van der Waals surface area contributed by atoms with Crippen molar-refractivity contribution in [1.82, 2.24) is 9.78 Å². The van der Waals surface area contributed by atoms with Gasteiger partial charge in [0.15, 0.2) is 0 Å². The fourth-order valence-corrected chi connectivity index (χ4v) is 2.41. The molecule has 0 saturated carbocycles. The van der Waals surface area contributed by atoms with E-state index in [4.69, 9.17) is 16.3 Å². The van der Waals surface area contributed by atoms with Crippen molar-refractivity contribution in [3.8, 4) is 11.6 Å². The van der Waals surface area contributed by atoms with E-state index in [0.29, 0.717) is 22.0 Å². The second-order valence-electron chi connectivity index (χ2n) is 3.83. The standard InChI is InChI=1S/C12H11BrClFN2O/c1-7-11(6-14)12(17(2)16-7)18-10-4-8(13)3-9(15)5-10/h3-5H,6H2,1-2H3. The summed E-state index contributed by atoms with van der Waals surface area (Å²) in [5, 5.41) is 4.22. The SMILES string of the molecule is Cc1nn(C)c(Oc2cc(F)cc(Br)c2)c1CCl. The quantitative estimate of drug-likeness (QED) is 0.789. The summed E-state index contributed by atoms with van der Waals surface area (Å²) in [6.07, 6.45) is 0. The molecule has 1 aromatic carbocycles. The fraction of sp³-hybridized carbons (Fsp3) is 0.250. The Morgan fingerprint density at radius 3 is 2.78 bits per heavy atom. The van der Waals surface area contributed by atoms with E-state index in [9.17, 15) is 4.39 Å². The van der Waals surface area contributed by atoms with E-state index in [1.807, 2.05) is 6.92 Å². The first-order chi connectivity index (χ1) is 8.51. The van der Waals surface area contributed by atoms with Crippen LogP contribution in [0.3, 0.4) is 0 Å². The van der Waals surface area contributed by atoms with Crippen molar-refractivity contribution in [1.29, 1.82) is 0 Å². The van der Waals surface area contributed by atoms with Gasteiger partial charge in [-0.2, -0.15) is 5.10 Å². The summed E-state index contributed by atoms with van der Waals surface area (Å²) in [7, 11) is 1.76. The Hall–Kier alpha value is -1.07. The van der Waals surface area contributed by atoms with E-state index in [1.165, 1.54) is 12.1 Å². The van der Waals surface area contributed by atoms with Gasteiger partial charge in [0, 0.05) is 17.6 Å². The summed E-state index contributed by atoms with van der Waals surface area (Å²) in [6, 6.07) is 4.36. The number of ether oxygens (including phenoxy) is 1. The van der Waals surface area contributed by atoms with Gasteiger partial charge >= 0.3 is 0 Å². The number of rotatable bonds is 3. The highest BCUT2D eigenvalue weighted by Crippen LogP contribution is 2.30. The van der Waals surface area contributed by atoms with Crippen LogP contribution in [0.15, 0.2) is 22.7 Å². The molecular weight excluding hydrogens is 322 g/mol. The Balaban J connectivity index is 2.39. The van der Waals surface area contributed by atoms with Gasteiger partial charge in [0.2, 0.25) is 5.88 Å². The molecule has 0 aliphatic rings. The molecule has 0 aliphatic heterocycles. The molecule has 0 spiro atoms. The number of nitrogens with zero attached hydrogens (tertiary/aromatic N) is 2. The molecule has 1 heterocycles. The number of halogens is 3. The smallest absolute Gasteiger partial charge is 0.222 e. The molecule has 3 nitrogen and oxygen atoms in total. The van der Waals surface area contributed by atoms with Crippen molar-refractivity contribution in [2.75, 3.05) is 0 Å². The first-order valence-electron chi connectivity index (χ1n) is 5.23. The van der Waals surface area contributed by atoms with Gasteiger partial charge in [-0.1, -0.05) is 15.9 Å². The number of hydrogen-bond acceptors (Lipinski definition) is 2. The largest absolute Gasteiger partial charge is 0.439 e. The molecule has 18 heavy (non-hydrogen) atoms. The van der Waals surface area contributed by atoms with Crippen LogP contribution in [-0.2, 0) is 12.9 Å². The maximum Gasteiger partial charge on any atom is 0.222 e. The fourth-order valence-electron chi connectivity index (χ4n) is 1.66. The molecule has 0 atom stereocenters. The number of aromatic nitrogens is 2. The second kappa shape index (κ2) is 5.28. The molecule has 0 bridgehead atoms. The summed E-state index contributed by atoms with van der Waals surface area (Å²) in [6.45, 7) is 1.85. The van der Waals surface area contributed by atoms with Crippen LogP contribution in [0.1, 0.15) is 11.3 Å². The zero-order valence-electron chi connectivity index (χ0n) is 9.88. The molecule has 0 saturated heterocycles. The van der Waals surface area contributed by atoms with Crippen LogP contribution in [-0.4, -0.2) is 9.78 Å². The normalized spacial score (nSPS) is 10.7. The maximum absolute atomic E-state index is 13.3. The van der Waals surface area contributed by atoms with Gasteiger partial charge in [0.25, 0.3) is 0 Å². The third kappa shape index (κ3) is 2.67. The predicted octanol–water partition coefficient (Wildman–Crippen LogP) is 4.16. The van der Waals surface area contributed by atoms with Crippen molar-refractivity contribution in [3.63, 3.8) is 0 Å². The van der Waals surface area contributed by atoms with Crippen LogP contribution < -0.4 is 4.74 Å². The van der Waals surface area contributed by atoms with Gasteiger partial charge in [-0.25, -0.2) is 9.07 Å². The van der Waals surface area contributed by atoms with Gasteiger partial charge in [0.1, 0.15) is 11.6 Å². The lowest BCUT2D eigenvalue weighted by Gasteiger charge is -2.08. The first kappa shape index (κ1) is 13.4. The van der Waals surface area contributed by atoms with Gasteiger partial charge in [-0.3, -0.25) is 0 Å². The van der Waals surface area contributed by atoms with E-state index in [2.05, 4.69) is 21.0 Å². The topological polar surface area (TPSA) is 27.1 Å². The van der Waals surface area contributed by atoms with E-state index >= 15 is 0 Å². The third-order valence-electron chi connectivity index (χ3n) is 2.47. The number of alkyl halides is 1. The van der Waals surface area contributed by atoms with E-state index in [-0.39, 0.29) is 5.82 Å². The Morgan fingerprint density at radius 1 is 1.44 bits per heavy atom. The highest BCUT2D eigenvalue weighted by atomic mass is 79.9. The summed E-state index contributed by atoms with van der Waals surface area (Å²) >= 11 is 9.08. The molecule has 0 radical (unpaired) electrons. The summed E-state index contributed by atoms with van der Waals surface area (Å²) in [5.74, 6) is 0.854. The third-order valence-corrected chi connectivity index (χ3v) is 3.20. The van der Waals surface area contributed by atoms with Crippen molar-refractivity contribution in [3.05, 3.63) is 39.7 Å². The van der Waals surface area contributed by atoms with Crippen LogP contribution in [0.4, 0.5) is 4.39 Å². The first-order valence-corrected chi connectivity index (χ1v) is 6.56. The van der Waals surface area contributed by atoms with Crippen LogP contribution in [0.5, 0.6) is 11.6 Å². The highest BCUT2D eigenvalue weighted by molar-refractivity contribution is 9.10. The number of hydrogen-bond donors (Lipinski definition) is 0. The second-order valence-corrected chi connectivity index (χ2v) is 5.02. The van der Waals surface area contributed by atoms with Gasteiger partial charge < -0.3 is 4.74 Å². The predicted molar refractivity (Wildman–Crippen MR) is 71.7 cm³/mol. The Bertz CT molecular complexity index is 565. The minimum atomic E-state index is -0.370. The van der Waals surface area contributed by atoms with Crippen molar-refractivity contribution < 1.29 is 9.13 Å². The van der Waals surface area contributed by atoms with Gasteiger partial charge in [-0.05, 0) is 19.1 Å². The molecular formula is C12H11BrClFN2O. The Labute approximate surface area is 118 Å². The number of aryl methyl sites for hydroxylation is 2. The molecule has 2 rings (SSSR count). The summed E-state index contributed by atoms with van der Waals surface area (Å²) in [4.78, 5) is 0. The minimum absolute atomic E-state index is 0.297. The van der Waals surface area contributed by atoms with Crippen LogP contribution in [0.2, 0.25) is 0 Å². The van der Waals surface area contributed by atoms with Crippen LogP contribution >= 0.6 is 27.5 Å². The highest BCUT2D eigenvalue weighted by Gasteiger charge is 2.15. The summed E-state index contributed by atoms with van der Waals surface area (Å²) in [5.41, 5.74) is 1.61. The van der Waals surface area contributed by atoms with Crippen LogP contribution in [0.25, 0.3) is 0 Å². The molecule has 0 N–H and O–H groups in total. The molecule has 1 aromatic heterocycles. The average Bonchev–Trinajstić information content (AvgIpc) is 2.52. The molecule has 0 aliphatic carbocycles. The lowest BCUT2D eigenvalue weighted by atomic mass is 10.3. The molecule has 2 aromatic rings. The molecule has 96 valence electrons. The van der Waals surface area contributed by atoms with Crippen molar-refractivity contribution in [2.45, 2.75) is 12.8 Å². The zero-order chi connectivity index (χ0) is 13.3. The average molecular weight is 334 g/mol. The van der Waals surface area contributed by atoms with E-state index < -0.39 is 0 Å². The molecule has 0 unspecified atom stereocenters. The van der Waals surface area contributed by atoms with Crippen molar-refractivity contribution in [2.24, 2.45) is 7.05 Å². The zero-order valence-corrected chi connectivity index (χ0v) is 12.2.